The topological polar surface area (TPSA) is 77.2 Å². The van der Waals surface area contributed by atoms with E-state index in [-0.39, 0.29) is 29.1 Å². The molecule has 0 amide bonds. The van der Waals surface area contributed by atoms with Gasteiger partial charge in [0.25, 0.3) is 0 Å². The molecule has 0 aliphatic heterocycles. The van der Waals surface area contributed by atoms with Crippen molar-refractivity contribution < 1.29 is 13.2 Å². The standard InChI is InChI=1S/C10H19NO3S/c1-2-15(13,14)7-4-9(12)10(8-11)5-3-6-10/h2-8,11H2,1H3. The summed E-state index contributed by atoms with van der Waals surface area (Å²) in [6, 6.07) is 0. The number of carbonyl (C=O) groups is 1. The molecule has 2 N–H and O–H groups in total. The van der Waals surface area contributed by atoms with E-state index in [0.717, 1.165) is 19.3 Å². The van der Waals surface area contributed by atoms with Gasteiger partial charge in [0.2, 0.25) is 0 Å². The third kappa shape index (κ3) is 2.78. The van der Waals surface area contributed by atoms with E-state index in [9.17, 15) is 13.2 Å². The zero-order valence-corrected chi connectivity index (χ0v) is 9.98. The van der Waals surface area contributed by atoms with Gasteiger partial charge in [-0.1, -0.05) is 13.3 Å². The third-order valence-electron chi connectivity index (χ3n) is 3.37. The fourth-order valence-electron chi connectivity index (χ4n) is 1.86. The zero-order valence-electron chi connectivity index (χ0n) is 9.16. The number of hydrogen-bond donors (Lipinski definition) is 1. The van der Waals surface area contributed by atoms with Gasteiger partial charge in [0, 0.05) is 24.1 Å². The summed E-state index contributed by atoms with van der Waals surface area (Å²) in [7, 11) is -3.03. The van der Waals surface area contributed by atoms with Crippen molar-refractivity contribution >= 4 is 15.6 Å². The number of carbonyl (C=O) groups excluding carboxylic acids is 1. The molecule has 0 aromatic rings. The molecular formula is C10H19NO3S. The van der Waals surface area contributed by atoms with Gasteiger partial charge in [-0.3, -0.25) is 4.79 Å². The largest absolute Gasteiger partial charge is 0.329 e. The Morgan fingerprint density at radius 3 is 2.33 bits per heavy atom. The van der Waals surface area contributed by atoms with Crippen LogP contribution in [0.3, 0.4) is 0 Å². The van der Waals surface area contributed by atoms with Gasteiger partial charge in [0.1, 0.15) is 15.6 Å². The number of ketones is 1. The molecule has 1 aliphatic carbocycles. The molecule has 88 valence electrons. The highest BCUT2D eigenvalue weighted by Gasteiger charge is 2.42. The van der Waals surface area contributed by atoms with E-state index in [1.54, 1.807) is 6.92 Å². The van der Waals surface area contributed by atoms with Crippen molar-refractivity contribution in [2.45, 2.75) is 32.6 Å². The van der Waals surface area contributed by atoms with Crippen LogP contribution in [0.1, 0.15) is 32.6 Å². The maximum absolute atomic E-state index is 11.8. The summed E-state index contributed by atoms with van der Waals surface area (Å²) in [6.45, 7) is 1.96. The molecule has 0 spiro atoms. The van der Waals surface area contributed by atoms with Crippen LogP contribution in [0.2, 0.25) is 0 Å². The van der Waals surface area contributed by atoms with E-state index in [1.807, 2.05) is 0 Å². The number of hydrogen-bond acceptors (Lipinski definition) is 4. The van der Waals surface area contributed by atoms with Crippen molar-refractivity contribution in [3.8, 4) is 0 Å². The lowest BCUT2D eigenvalue weighted by Crippen LogP contribution is -2.44. The normalized spacial score (nSPS) is 19.6. The van der Waals surface area contributed by atoms with Crippen LogP contribution in [0.15, 0.2) is 0 Å². The number of nitrogens with two attached hydrogens (primary N) is 1. The van der Waals surface area contributed by atoms with Crippen LogP contribution in [-0.4, -0.2) is 32.3 Å². The fourth-order valence-corrected chi connectivity index (χ4v) is 2.64. The Balaban J connectivity index is 2.49. The molecule has 0 unspecified atom stereocenters. The lowest BCUT2D eigenvalue weighted by atomic mass is 9.65. The molecule has 15 heavy (non-hydrogen) atoms. The van der Waals surface area contributed by atoms with Crippen molar-refractivity contribution in [1.82, 2.24) is 0 Å². The van der Waals surface area contributed by atoms with Gasteiger partial charge in [-0.05, 0) is 12.8 Å². The predicted molar refractivity (Wildman–Crippen MR) is 59.3 cm³/mol. The van der Waals surface area contributed by atoms with E-state index in [4.69, 9.17) is 5.73 Å². The summed E-state index contributed by atoms with van der Waals surface area (Å²) < 4.78 is 22.5. The first-order valence-corrected chi connectivity index (χ1v) is 7.22. The number of rotatable bonds is 6. The molecule has 0 atom stereocenters. The fraction of sp³-hybridized carbons (Fsp3) is 0.900. The lowest BCUT2D eigenvalue weighted by molar-refractivity contribution is -0.132. The van der Waals surface area contributed by atoms with E-state index in [0.29, 0.717) is 6.54 Å². The first-order valence-electron chi connectivity index (χ1n) is 5.39. The first-order chi connectivity index (χ1) is 6.96. The van der Waals surface area contributed by atoms with Gasteiger partial charge < -0.3 is 5.73 Å². The average molecular weight is 233 g/mol. The molecule has 1 aliphatic rings. The molecule has 1 rings (SSSR count). The van der Waals surface area contributed by atoms with Gasteiger partial charge in [-0.25, -0.2) is 8.42 Å². The molecule has 0 heterocycles. The molecule has 0 bridgehead atoms. The van der Waals surface area contributed by atoms with Crippen LogP contribution in [-0.2, 0) is 14.6 Å². The van der Waals surface area contributed by atoms with E-state index in [1.165, 1.54) is 0 Å². The monoisotopic (exact) mass is 233 g/mol. The third-order valence-corrected chi connectivity index (χ3v) is 5.08. The Morgan fingerprint density at radius 1 is 1.40 bits per heavy atom. The number of Topliss-reactive ketones (excluding diaryl/α,β-unsaturated/α-hetero) is 1. The van der Waals surface area contributed by atoms with Crippen molar-refractivity contribution in [2.75, 3.05) is 18.1 Å². The Morgan fingerprint density at radius 2 is 2.00 bits per heavy atom. The highest BCUT2D eigenvalue weighted by Crippen LogP contribution is 2.41. The van der Waals surface area contributed by atoms with Gasteiger partial charge in [-0.15, -0.1) is 0 Å². The van der Waals surface area contributed by atoms with Crippen molar-refractivity contribution in [2.24, 2.45) is 11.1 Å². The Kier molecular flexibility index (Phi) is 3.89. The summed E-state index contributed by atoms with van der Waals surface area (Å²) in [6.07, 6.45) is 2.82. The Hall–Kier alpha value is -0.420. The van der Waals surface area contributed by atoms with Crippen LogP contribution >= 0.6 is 0 Å². The molecular weight excluding hydrogens is 214 g/mol. The van der Waals surface area contributed by atoms with E-state index in [2.05, 4.69) is 0 Å². The first kappa shape index (κ1) is 12.6. The molecule has 0 saturated heterocycles. The van der Waals surface area contributed by atoms with Crippen LogP contribution < -0.4 is 5.73 Å². The maximum Gasteiger partial charge on any atom is 0.150 e. The van der Waals surface area contributed by atoms with E-state index < -0.39 is 9.84 Å². The minimum atomic E-state index is -3.03. The summed E-state index contributed by atoms with van der Waals surface area (Å²) in [5.74, 6) is 0.119. The maximum atomic E-state index is 11.8. The van der Waals surface area contributed by atoms with Gasteiger partial charge in [0.15, 0.2) is 0 Å². The summed E-state index contributed by atoms with van der Waals surface area (Å²) in [5, 5.41) is 0. The molecule has 0 aromatic carbocycles. The highest BCUT2D eigenvalue weighted by molar-refractivity contribution is 7.91. The number of sulfone groups is 1. The minimum absolute atomic E-state index is 0.0237. The van der Waals surface area contributed by atoms with Gasteiger partial charge in [0.05, 0.1) is 5.75 Å². The average Bonchev–Trinajstić information content (AvgIpc) is 2.14. The Labute approximate surface area is 91.1 Å². The van der Waals surface area contributed by atoms with Gasteiger partial charge >= 0.3 is 0 Å². The zero-order chi connectivity index (χ0) is 11.5. The summed E-state index contributed by atoms with van der Waals surface area (Å²) in [4.78, 5) is 11.8. The van der Waals surface area contributed by atoms with Crippen molar-refractivity contribution in [3.05, 3.63) is 0 Å². The van der Waals surface area contributed by atoms with Crippen LogP contribution in [0, 0.1) is 5.41 Å². The van der Waals surface area contributed by atoms with Crippen molar-refractivity contribution in [3.63, 3.8) is 0 Å². The predicted octanol–water partition coefficient (Wildman–Crippen LogP) is 0.509. The second kappa shape index (κ2) is 4.61. The molecule has 4 nitrogen and oxygen atoms in total. The highest BCUT2D eigenvalue weighted by atomic mass is 32.2. The summed E-state index contributed by atoms with van der Waals surface area (Å²) >= 11 is 0. The van der Waals surface area contributed by atoms with Crippen LogP contribution in [0.25, 0.3) is 0 Å². The summed E-state index contributed by atoms with van der Waals surface area (Å²) in [5.41, 5.74) is 5.19. The minimum Gasteiger partial charge on any atom is -0.329 e. The molecule has 0 radical (unpaired) electrons. The smallest absolute Gasteiger partial charge is 0.150 e. The SMILES string of the molecule is CCS(=O)(=O)CCC(=O)C1(CN)CCC1. The second-order valence-corrected chi connectivity index (χ2v) is 6.72. The van der Waals surface area contributed by atoms with Crippen LogP contribution in [0.5, 0.6) is 0 Å². The van der Waals surface area contributed by atoms with E-state index >= 15 is 0 Å². The molecule has 0 aromatic heterocycles. The second-order valence-electron chi connectivity index (χ2n) is 4.25. The lowest BCUT2D eigenvalue weighted by Gasteiger charge is -2.39. The van der Waals surface area contributed by atoms with Crippen molar-refractivity contribution in [1.29, 1.82) is 0 Å². The Bertz CT molecular complexity index is 325. The quantitative estimate of drug-likeness (QED) is 0.725. The molecule has 1 fully saturated rings. The molecule has 1 saturated carbocycles. The van der Waals surface area contributed by atoms with Crippen LogP contribution in [0.4, 0.5) is 0 Å². The van der Waals surface area contributed by atoms with Gasteiger partial charge in [-0.2, -0.15) is 0 Å². The molecule has 5 heteroatoms.